The average Bonchev–Trinajstić information content (AvgIpc) is 3.15. The van der Waals surface area contributed by atoms with Crippen LogP contribution in [-0.4, -0.2) is 55.4 Å². The normalized spacial score (nSPS) is 19.4. The van der Waals surface area contributed by atoms with Gasteiger partial charge < -0.3 is 14.4 Å². The Balaban J connectivity index is 1.38. The van der Waals surface area contributed by atoms with Gasteiger partial charge in [-0.25, -0.2) is 13.2 Å². The molecular weight excluding hydrogens is 428 g/mol. The van der Waals surface area contributed by atoms with Crippen LogP contribution in [0.4, 0.5) is 4.79 Å². The van der Waals surface area contributed by atoms with Gasteiger partial charge in [0.1, 0.15) is 17.5 Å². The van der Waals surface area contributed by atoms with Crippen LogP contribution in [-0.2, 0) is 21.0 Å². The molecule has 32 heavy (non-hydrogen) atoms. The first-order chi connectivity index (χ1) is 15.0. The van der Waals surface area contributed by atoms with Crippen molar-refractivity contribution < 1.29 is 22.7 Å². The van der Waals surface area contributed by atoms with Crippen molar-refractivity contribution >= 4 is 15.9 Å². The molecule has 172 valence electrons. The van der Waals surface area contributed by atoms with E-state index in [0.717, 1.165) is 41.8 Å². The van der Waals surface area contributed by atoms with Gasteiger partial charge in [-0.05, 0) is 75.4 Å². The molecule has 1 fully saturated rings. The number of fused-ring (bicyclic) bond motifs is 1. The molecule has 8 heteroatoms. The maximum absolute atomic E-state index is 12.3. The van der Waals surface area contributed by atoms with Gasteiger partial charge in [0, 0.05) is 37.5 Å². The monoisotopic (exact) mass is 458 g/mol. The van der Waals surface area contributed by atoms with Crippen molar-refractivity contribution in [1.29, 1.82) is 0 Å². The molecule has 0 N–H and O–H groups in total. The van der Waals surface area contributed by atoms with Crippen molar-refractivity contribution in [2.24, 2.45) is 5.92 Å². The molecule has 1 aromatic carbocycles. The molecule has 0 bridgehead atoms. The molecule has 1 atom stereocenters. The van der Waals surface area contributed by atoms with E-state index < -0.39 is 15.4 Å². The van der Waals surface area contributed by atoms with E-state index >= 15 is 0 Å². The van der Waals surface area contributed by atoms with Gasteiger partial charge in [0.25, 0.3) is 0 Å². The second-order valence-electron chi connectivity index (χ2n) is 9.64. The van der Waals surface area contributed by atoms with Crippen molar-refractivity contribution in [3.05, 3.63) is 42.1 Å². The Morgan fingerprint density at radius 3 is 2.47 bits per heavy atom. The smallest absolute Gasteiger partial charge is 0.410 e. The number of ether oxygens (including phenoxy) is 2. The van der Waals surface area contributed by atoms with Crippen molar-refractivity contribution in [1.82, 2.24) is 9.88 Å². The first kappa shape index (κ1) is 22.6. The Kier molecular flexibility index (Phi) is 5.92. The molecule has 1 aromatic heterocycles. The number of nitrogens with zero attached hydrogens (tertiary/aromatic N) is 2. The minimum atomic E-state index is -3.26. The zero-order valence-electron chi connectivity index (χ0n) is 19.0. The second kappa shape index (κ2) is 8.39. The van der Waals surface area contributed by atoms with Crippen LogP contribution >= 0.6 is 0 Å². The van der Waals surface area contributed by atoms with Gasteiger partial charge in [-0.1, -0.05) is 0 Å². The number of benzene rings is 1. The first-order valence-corrected chi connectivity index (χ1v) is 12.8. The van der Waals surface area contributed by atoms with E-state index in [1.165, 1.54) is 12.5 Å². The average molecular weight is 459 g/mol. The number of piperidine rings is 1. The molecule has 0 unspecified atom stereocenters. The number of carbonyl (C=O) groups is 1. The predicted molar refractivity (Wildman–Crippen MR) is 121 cm³/mol. The summed E-state index contributed by atoms with van der Waals surface area (Å²) in [4.78, 5) is 18.6. The third-order valence-electron chi connectivity index (χ3n) is 5.94. The van der Waals surface area contributed by atoms with Crippen LogP contribution in [0.3, 0.4) is 0 Å². The largest absolute Gasteiger partial charge is 0.490 e. The number of hydrogen-bond acceptors (Lipinski definition) is 6. The summed E-state index contributed by atoms with van der Waals surface area (Å²) >= 11 is 0. The third-order valence-corrected chi connectivity index (χ3v) is 7.04. The highest BCUT2D eigenvalue weighted by atomic mass is 32.2. The summed E-state index contributed by atoms with van der Waals surface area (Å²) in [6, 6.07) is 9.31. The van der Waals surface area contributed by atoms with Crippen molar-refractivity contribution in [2.75, 3.05) is 19.3 Å². The summed E-state index contributed by atoms with van der Waals surface area (Å²) in [7, 11) is -3.26. The Morgan fingerprint density at radius 1 is 1.16 bits per heavy atom. The molecule has 3 heterocycles. The van der Waals surface area contributed by atoms with E-state index in [9.17, 15) is 13.2 Å². The molecule has 2 aromatic rings. The fourth-order valence-electron chi connectivity index (χ4n) is 4.25. The van der Waals surface area contributed by atoms with Gasteiger partial charge in [0.15, 0.2) is 9.84 Å². The van der Waals surface area contributed by atoms with Crippen LogP contribution in [0.1, 0.15) is 39.2 Å². The quantitative estimate of drug-likeness (QED) is 0.688. The fourth-order valence-corrected chi connectivity index (χ4v) is 4.81. The van der Waals surface area contributed by atoms with Gasteiger partial charge >= 0.3 is 6.09 Å². The molecule has 1 saturated heterocycles. The summed E-state index contributed by atoms with van der Waals surface area (Å²) in [5.74, 6) is 1.28. The van der Waals surface area contributed by atoms with Crippen LogP contribution in [0.5, 0.6) is 5.75 Å². The molecule has 1 amide bonds. The zero-order chi connectivity index (χ0) is 23.1. The number of likely N-dealkylation sites (tertiary alicyclic amines) is 1. The molecule has 0 radical (unpaired) electrons. The minimum absolute atomic E-state index is 0.0987. The molecule has 0 spiro atoms. The van der Waals surface area contributed by atoms with E-state index in [0.29, 0.717) is 19.0 Å². The van der Waals surface area contributed by atoms with E-state index in [1.54, 1.807) is 17.0 Å². The molecular formula is C24H30N2O5S. The zero-order valence-corrected chi connectivity index (χ0v) is 19.8. The standard InChI is InChI=1S/C24H30N2O5S/c1-24(2,3)31-23(27)26-11-9-16(10-12-26)22-14-18-13-17(5-8-21(18)30-22)20-7-6-19(15-25-20)32(4,28)29/h5-8,13,15-16,22H,9-12,14H2,1-4H3/t22-/m0/s1. The number of pyridine rings is 1. The molecule has 7 nitrogen and oxygen atoms in total. The van der Waals surface area contributed by atoms with Crippen LogP contribution in [0.2, 0.25) is 0 Å². The Bertz CT molecular complexity index is 1100. The highest BCUT2D eigenvalue weighted by Gasteiger charge is 2.35. The minimum Gasteiger partial charge on any atom is -0.490 e. The Morgan fingerprint density at radius 2 is 1.88 bits per heavy atom. The first-order valence-electron chi connectivity index (χ1n) is 10.9. The van der Waals surface area contributed by atoms with Crippen LogP contribution in [0.15, 0.2) is 41.4 Å². The summed E-state index contributed by atoms with van der Waals surface area (Å²) < 4.78 is 35.0. The van der Waals surface area contributed by atoms with Gasteiger partial charge in [-0.2, -0.15) is 0 Å². The van der Waals surface area contributed by atoms with Crippen molar-refractivity contribution in [3.8, 4) is 17.0 Å². The topological polar surface area (TPSA) is 85.8 Å². The summed E-state index contributed by atoms with van der Waals surface area (Å²) in [6.07, 6.45) is 5.02. The van der Waals surface area contributed by atoms with E-state index in [4.69, 9.17) is 9.47 Å². The summed E-state index contributed by atoms with van der Waals surface area (Å²) in [6.45, 7) is 7.00. The van der Waals surface area contributed by atoms with Gasteiger partial charge in [-0.15, -0.1) is 0 Å². The molecule has 0 saturated carbocycles. The van der Waals surface area contributed by atoms with Gasteiger partial charge in [0.2, 0.25) is 0 Å². The van der Waals surface area contributed by atoms with Crippen LogP contribution < -0.4 is 4.74 Å². The number of rotatable bonds is 3. The lowest BCUT2D eigenvalue weighted by Crippen LogP contribution is -2.44. The van der Waals surface area contributed by atoms with Gasteiger partial charge in [0.05, 0.1) is 10.6 Å². The Labute approximate surface area is 189 Å². The summed E-state index contributed by atoms with van der Waals surface area (Å²) in [5, 5.41) is 0. The van der Waals surface area contributed by atoms with Crippen molar-refractivity contribution in [3.63, 3.8) is 0 Å². The number of aromatic nitrogens is 1. The maximum atomic E-state index is 12.3. The van der Waals surface area contributed by atoms with E-state index in [2.05, 4.69) is 11.1 Å². The number of hydrogen-bond donors (Lipinski definition) is 0. The second-order valence-corrected chi connectivity index (χ2v) is 11.7. The lowest BCUT2D eigenvalue weighted by molar-refractivity contribution is 0.0123. The van der Waals surface area contributed by atoms with E-state index in [-0.39, 0.29) is 17.1 Å². The van der Waals surface area contributed by atoms with Crippen molar-refractivity contribution in [2.45, 2.75) is 56.6 Å². The predicted octanol–water partition coefficient (Wildman–Crippen LogP) is 4.10. The number of amides is 1. The van der Waals surface area contributed by atoms with Gasteiger partial charge in [-0.3, -0.25) is 4.98 Å². The SMILES string of the molecule is CC(C)(C)OC(=O)N1CCC([C@@H]2Cc3cc(-c4ccc(S(C)(=O)=O)cn4)ccc3O2)CC1. The molecule has 2 aliphatic heterocycles. The number of sulfone groups is 1. The highest BCUT2D eigenvalue weighted by Crippen LogP contribution is 2.37. The third kappa shape index (κ3) is 5.06. The number of carbonyl (C=O) groups excluding carboxylic acids is 1. The maximum Gasteiger partial charge on any atom is 0.410 e. The van der Waals surface area contributed by atoms with Crippen LogP contribution in [0, 0.1) is 5.92 Å². The molecule has 4 rings (SSSR count). The Hall–Kier alpha value is -2.61. The lowest BCUT2D eigenvalue weighted by atomic mass is 9.89. The van der Waals surface area contributed by atoms with E-state index in [1.807, 2.05) is 32.9 Å². The molecule has 0 aliphatic carbocycles. The van der Waals surface area contributed by atoms with Crippen LogP contribution in [0.25, 0.3) is 11.3 Å². The summed E-state index contributed by atoms with van der Waals surface area (Å²) in [5.41, 5.74) is 2.32. The highest BCUT2D eigenvalue weighted by molar-refractivity contribution is 7.90. The lowest BCUT2D eigenvalue weighted by Gasteiger charge is -2.35. The fraction of sp³-hybridized carbons (Fsp3) is 0.500. The molecule has 2 aliphatic rings.